The molecule has 8 heteroatoms. The van der Waals surface area contributed by atoms with E-state index >= 15 is 0 Å². The summed E-state index contributed by atoms with van der Waals surface area (Å²) in [4.78, 5) is 33.9. The van der Waals surface area contributed by atoms with Crippen molar-refractivity contribution in [3.8, 4) is 0 Å². The van der Waals surface area contributed by atoms with Crippen LogP contribution in [0.1, 0.15) is 36.0 Å². The molecule has 1 N–H and O–H groups in total. The second-order valence-electron chi connectivity index (χ2n) is 7.07. The van der Waals surface area contributed by atoms with E-state index in [9.17, 15) is 14.9 Å². The van der Waals surface area contributed by atoms with Gasteiger partial charge in [0.15, 0.2) is 5.78 Å². The molecule has 2 aliphatic rings. The van der Waals surface area contributed by atoms with Gasteiger partial charge in [0.2, 0.25) is 11.8 Å². The third-order valence-electron chi connectivity index (χ3n) is 5.08. The first-order valence-corrected chi connectivity index (χ1v) is 9.24. The number of nitro groups is 1. The number of nitrogens with zero attached hydrogens (tertiary/aromatic N) is 4. The van der Waals surface area contributed by atoms with Crippen molar-refractivity contribution >= 4 is 23.2 Å². The van der Waals surface area contributed by atoms with Gasteiger partial charge < -0.3 is 10.2 Å². The Bertz CT molecular complexity index is 846. The Labute approximate surface area is 156 Å². The molecule has 1 aliphatic heterocycles. The minimum absolute atomic E-state index is 0.00856. The lowest BCUT2D eigenvalue weighted by atomic mass is 9.89. The molecule has 140 valence electrons. The second-order valence-corrected chi connectivity index (χ2v) is 7.07. The second kappa shape index (κ2) is 7.30. The molecule has 0 atom stereocenters. The molecule has 0 unspecified atom stereocenters. The summed E-state index contributed by atoms with van der Waals surface area (Å²) < 4.78 is 0. The van der Waals surface area contributed by atoms with Gasteiger partial charge in [-0.15, -0.1) is 0 Å². The summed E-state index contributed by atoms with van der Waals surface area (Å²) in [5, 5.41) is 14.3. The largest absolute Gasteiger partial charge is 0.361 e. The Morgan fingerprint density at radius 3 is 2.48 bits per heavy atom. The Kier molecular flexibility index (Phi) is 4.70. The fourth-order valence-electron chi connectivity index (χ4n) is 3.36. The molecule has 1 aliphatic carbocycles. The minimum Gasteiger partial charge on any atom is -0.361 e. The lowest BCUT2D eigenvalue weighted by Crippen LogP contribution is -2.37. The lowest BCUT2D eigenvalue weighted by molar-refractivity contribution is -0.384. The van der Waals surface area contributed by atoms with Crippen LogP contribution in [0.5, 0.6) is 0 Å². The van der Waals surface area contributed by atoms with Crippen molar-refractivity contribution in [2.75, 3.05) is 23.3 Å². The van der Waals surface area contributed by atoms with Crippen molar-refractivity contribution in [3.05, 3.63) is 52.2 Å². The SMILES string of the molecule is O=C(c1ccccc1)C1CCN(c2ncc([N+](=O)[O-])c(NC3CC3)n2)CC1. The average Bonchev–Trinajstić information content (AvgIpc) is 3.52. The number of benzene rings is 1. The van der Waals surface area contributed by atoms with E-state index in [1.165, 1.54) is 6.20 Å². The fourth-order valence-corrected chi connectivity index (χ4v) is 3.36. The third kappa shape index (κ3) is 3.89. The van der Waals surface area contributed by atoms with Gasteiger partial charge in [-0.25, -0.2) is 4.98 Å². The summed E-state index contributed by atoms with van der Waals surface area (Å²) in [6, 6.07) is 9.62. The van der Waals surface area contributed by atoms with Crippen LogP contribution < -0.4 is 10.2 Å². The van der Waals surface area contributed by atoms with Crippen LogP contribution in [0, 0.1) is 16.0 Å². The summed E-state index contributed by atoms with van der Waals surface area (Å²) in [6.07, 6.45) is 4.72. The number of hydrogen-bond donors (Lipinski definition) is 1. The van der Waals surface area contributed by atoms with Crippen LogP contribution in [0.2, 0.25) is 0 Å². The zero-order valence-corrected chi connectivity index (χ0v) is 14.9. The highest BCUT2D eigenvalue weighted by Gasteiger charge is 2.30. The molecule has 0 bridgehead atoms. The van der Waals surface area contributed by atoms with E-state index in [1.807, 2.05) is 35.2 Å². The first kappa shape index (κ1) is 17.4. The predicted molar refractivity (Wildman–Crippen MR) is 101 cm³/mol. The van der Waals surface area contributed by atoms with Gasteiger partial charge in [-0.3, -0.25) is 14.9 Å². The lowest BCUT2D eigenvalue weighted by Gasteiger charge is -2.31. The van der Waals surface area contributed by atoms with Gasteiger partial charge in [-0.1, -0.05) is 30.3 Å². The van der Waals surface area contributed by atoms with Crippen LogP contribution in [0.4, 0.5) is 17.5 Å². The summed E-state index contributed by atoms with van der Waals surface area (Å²) in [7, 11) is 0. The average molecular weight is 367 g/mol. The molecule has 0 radical (unpaired) electrons. The Morgan fingerprint density at radius 2 is 1.85 bits per heavy atom. The molecular formula is C19H21N5O3. The van der Waals surface area contributed by atoms with E-state index in [0.717, 1.165) is 31.2 Å². The number of nitrogens with one attached hydrogen (secondary N) is 1. The Hall–Kier alpha value is -3.03. The van der Waals surface area contributed by atoms with Gasteiger partial charge in [0, 0.05) is 30.6 Å². The van der Waals surface area contributed by atoms with Crippen molar-refractivity contribution in [2.45, 2.75) is 31.7 Å². The monoisotopic (exact) mass is 367 g/mol. The molecule has 8 nitrogen and oxygen atoms in total. The maximum atomic E-state index is 12.6. The standard InChI is InChI=1S/C19H21N5O3/c25-17(13-4-2-1-3-5-13)14-8-10-23(11-9-14)19-20-12-16(24(26)27)18(22-19)21-15-6-7-15/h1-5,12,14-15H,6-11H2,(H,20,21,22). The number of carbonyl (C=O) groups excluding carboxylic acids is 1. The highest BCUT2D eigenvalue weighted by Crippen LogP contribution is 2.31. The van der Waals surface area contributed by atoms with Crippen LogP contribution in [0.25, 0.3) is 0 Å². The molecule has 27 heavy (non-hydrogen) atoms. The number of hydrogen-bond acceptors (Lipinski definition) is 7. The molecule has 2 heterocycles. The van der Waals surface area contributed by atoms with E-state index < -0.39 is 4.92 Å². The number of ketones is 1. The van der Waals surface area contributed by atoms with Crippen molar-refractivity contribution in [2.24, 2.45) is 5.92 Å². The van der Waals surface area contributed by atoms with Crippen molar-refractivity contribution in [1.82, 2.24) is 9.97 Å². The van der Waals surface area contributed by atoms with E-state index in [-0.39, 0.29) is 29.2 Å². The van der Waals surface area contributed by atoms with Crippen molar-refractivity contribution in [1.29, 1.82) is 0 Å². The summed E-state index contributed by atoms with van der Waals surface area (Å²) in [5.41, 5.74) is 0.651. The zero-order chi connectivity index (χ0) is 18.8. The predicted octanol–water partition coefficient (Wildman–Crippen LogP) is 3.06. The molecule has 1 saturated heterocycles. The van der Waals surface area contributed by atoms with E-state index in [4.69, 9.17) is 0 Å². The maximum Gasteiger partial charge on any atom is 0.329 e. The fraction of sp³-hybridized carbons (Fsp3) is 0.421. The minimum atomic E-state index is -0.459. The highest BCUT2D eigenvalue weighted by atomic mass is 16.6. The van der Waals surface area contributed by atoms with Crippen LogP contribution in [0.15, 0.2) is 36.5 Å². The number of aromatic nitrogens is 2. The van der Waals surface area contributed by atoms with Crippen molar-refractivity contribution in [3.63, 3.8) is 0 Å². The topological polar surface area (TPSA) is 101 Å². The number of piperidine rings is 1. The summed E-state index contributed by atoms with van der Waals surface area (Å²) in [6.45, 7) is 1.31. The number of carbonyl (C=O) groups is 1. The van der Waals surface area contributed by atoms with Gasteiger partial charge in [0.25, 0.3) is 0 Å². The van der Waals surface area contributed by atoms with Gasteiger partial charge in [0.05, 0.1) is 4.92 Å². The van der Waals surface area contributed by atoms with Crippen LogP contribution in [0.3, 0.4) is 0 Å². The third-order valence-corrected chi connectivity index (χ3v) is 5.08. The molecule has 1 aromatic carbocycles. The summed E-state index contributed by atoms with van der Waals surface area (Å²) >= 11 is 0. The normalized spacial score (nSPS) is 17.6. The first-order chi connectivity index (χ1) is 13.1. The number of anilines is 2. The zero-order valence-electron chi connectivity index (χ0n) is 14.9. The van der Waals surface area contributed by atoms with E-state index in [2.05, 4.69) is 15.3 Å². The molecule has 2 aromatic rings. The molecule has 0 amide bonds. The van der Waals surface area contributed by atoms with Crippen LogP contribution in [-0.4, -0.2) is 39.8 Å². The molecule has 2 fully saturated rings. The maximum absolute atomic E-state index is 12.6. The number of rotatable bonds is 6. The van der Waals surface area contributed by atoms with Gasteiger partial charge in [0.1, 0.15) is 6.20 Å². The highest BCUT2D eigenvalue weighted by molar-refractivity contribution is 5.97. The molecule has 1 saturated carbocycles. The molecule has 4 rings (SSSR count). The summed E-state index contributed by atoms with van der Waals surface area (Å²) in [5.74, 6) is 0.936. The van der Waals surface area contributed by atoms with Gasteiger partial charge in [-0.2, -0.15) is 4.98 Å². The number of Topliss-reactive ketones (excluding diaryl/α,β-unsaturated/α-hetero) is 1. The van der Waals surface area contributed by atoms with Gasteiger partial charge in [-0.05, 0) is 25.7 Å². The van der Waals surface area contributed by atoms with Crippen LogP contribution >= 0.6 is 0 Å². The van der Waals surface area contributed by atoms with Crippen molar-refractivity contribution < 1.29 is 9.72 Å². The van der Waals surface area contributed by atoms with Crippen LogP contribution in [-0.2, 0) is 0 Å². The molecule has 0 spiro atoms. The molecular weight excluding hydrogens is 346 g/mol. The molecule has 1 aromatic heterocycles. The Balaban J connectivity index is 1.44. The first-order valence-electron chi connectivity index (χ1n) is 9.24. The quantitative estimate of drug-likeness (QED) is 0.475. The Morgan fingerprint density at radius 1 is 1.15 bits per heavy atom. The smallest absolute Gasteiger partial charge is 0.329 e. The van der Waals surface area contributed by atoms with Gasteiger partial charge >= 0.3 is 5.69 Å². The van der Waals surface area contributed by atoms with E-state index in [1.54, 1.807) is 0 Å². The van der Waals surface area contributed by atoms with E-state index in [0.29, 0.717) is 19.0 Å².